The molecule has 0 radical (unpaired) electrons. The van der Waals surface area contributed by atoms with E-state index in [2.05, 4.69) is 29.1 Å². The number of aryl methyl sites for hydroxylation is 1. The minimum absolute atomic E-state index is 0.623. The second kappa shape index (κ2) is 7.71. The first kappa shape index (κ1) is 16.8. The molecule has 3 rings (SSSR count). The third kappa shape index (κ3) is 3.56. The Balaban J connectivity index is 1.81. The Kier molecular flexibility index (Phi) is 5.41. The fourth-order valence-corrected chi connectivity index (χ4v) is 3.47. The van der Waals surface area contributed by atoms with Gasteiger partial charge in [0.15, 0.2) is 11.5 Å². The largest absolute Gasteiger partial charge is 0.493 e. The Morgan fingerprint density at radius 2 is 1.88 bits per heavy atom. The van der Waals surface area contributed by atoms with Gasteiger partial charge in [-0.25, -0.2) is 0 Å². The summed E-state index contributed by atoms with van der Waals surface area (Å²) >= 11 is 0. The number of benzene rings is 1. The third-order valence-corrected chi connectivity index (χ3v) is 4.75. The highest BCUT2D eigenvalue weighted by molar-refractivity contribution is 5.43. The lowest BCUT2D eigenvalue weighted by molar-refractivity contribution is 0.354. The number of nitrogens with one attached hydrogen (secondary N) is 1. The van der Waals surface area contributed by atoms with Crippen molar-refractivity contribution in [1.29, 1.82) is 0 Å². The van der Waals surface area contributed by atoms with Crippen LogP contribution < -0.4 is 14.8 Å². The molecule has 2 aromatic rings. The van der Waals surface area contributed by atoms with Crippen LogP contribution in [0.4, 0.5) is 0 Å². The molecule has 5 heteroatoms. The summed E-state index contributed by atoms with van der Waals surface area (Å²) in [5.41, 5.74) is 3.69. The Bertz CT molecular complexity index is 675. The van der Waals surface area contributed by atoms with E-state index in [0.29, 0.717) is 5.92 Å². The van der Waals surface area contributed by atoms with Crippen molar-refractivity contribution in [3.8, 4) is 11.5 Å². The van der Waals surface area contributed by atoms with Crippen LogP contribution in [-0.2, 0) is 13.0 Å². The zero-order valence-electron chi connectivity index (χ0n) is 14.8. The van der Waals surface area contributed by atoms with Gasteiger partial charge in [0.2, 0.25) is 0 Å². The molecule has 1 aromatic carbocycles. The number of aromatic nitrogens is 2. The van der Waals surface area contributed by atoms with Crippen LogP contribution in [0.5, 0.6) is 11.5 Å². The monoisotopic (exact) mass is 329 g/mol. The van der Waals surface area contributed by atoms with Crippen LogP contribution in [0.25, 0.3) is 0 Å². The van der Waals surface area contributed by atoms with Crippen LogP contribution in [0.2, 0.25) is 0 Å². The highest BCUT2D eigenvalue weighted by atomic mass is 16.5. The smallest absolute Gasteiger partial charge is 0.160 e. The SMILES string of the molecule is CCn1nc(Cc2ccc(OC)c(OC)c2)cc1C1CCNCC1. The summed E-state index contributed by atoms with van der Waals surface area (Å²) in [6, 6.07) is 8.36. The summed E-state index contributed by atoms with van der Waals surface area (Å²) in [5, 5.41) is 8.26. The van der Waals surface area contributed by atoms with Crippen molar-refractivity contribution in [2.45, 2.75) is 38.6 Å². The number of ether oxygens (including phenoxy) is 2. The van der Waals surface area contributed by atoms with Crippen molar-refractivity contribution in [2.75, 3.05) is 27.3 Å². The van der Waals surface area contributed by atoms with Gasteiger partial charge >= 0.3 is 0 Å². The number of hydrogen-bond acceptors (Lipinski definition) is 4. The molecule has 1 aromatic heterocycles. The van der Waals surface area contributed by atoms with E-state index in [1.807, 2.05) is 12.1 Å². The average Bonchev–Trinajstić information content (AvgIpc) is 3.05. The van der Waals surface area contributed by atoms with Gasteiger partial charge in [0.25, 0.3) is 0 Å². The number of methoxy groups -OCH3 is 2. The predicted octanol–water partition coefficient (Wildman–Crippen LogP) is 2.98. The highest BCUT2D eigenvalue weighted by Crippen LogP contribution is 2.30. The Morgan fingerprint density at radius 1 is 1.12 bits per heavy atom. The fraction of sp³-hybridized carbons (Fsp3) is 0.526. The maximum Gasteiger partial charge on any atom is 0.160 e. The van der Waals surface area contributed by atoms with E-state index in [1.165, 1.54) is 24.1 Å². The molecule has 1 aliphatic rings. The lowest BCUT2D eigenvalue weighted by atomic mass is 9.94. The van der Waals surface area contributed by atoms with E-state index in [4.69, 9.17) is 14.6 Å². The Hall–Kier alpha value is -2.01. The molecule has 24 heavy (non-hydrogen) atoms. The first-order valence-electron chi connectivity index (χ1n) is 8.73. The minimum atomic E-state index is 0.623. The van der Waals surface area contributed by atoms with Gasteiger partial charge in [0, 0.05) is 24.6 Å². The van der Waals surface area contributed by atoms with E-state index < -0.39 is 0 Å². The minimum Gasteiger partial charge on any atom is -0.493 e. The highest BCUT2D eigenvalue weighted by Gasteiger charge is 2.20. The summed E-state index contributed by atoms with van der Waals surface area (Å²) < 4.78 is 12.9. The topological polar surface area (TPSA) is 48.3 Å². The molecule has 130 valence electrons. The fourth-order valence-electron chi connectivity index (χ4n) is 3.47. The quantitative estimate of drug-likeness (QED) is 0.885. The van der Waals surface area contributed by atoms with Crippen molar-refractivity contribution in [3.63, 3.8) is 0 Å². The van der Waals surface area contributed by atoms with Gasteiger partial charge in [0.1, 0.15) is 0 Å². The van der Waals surface area contributed by atoms with Crippen molar-refractivity contribution in [2.24, 2.45) is 0 Å². The molecule has 1 fully saturated rings. The van der Waals surface area contributed by atoms with Crippen molar-refractivity contribution < 1.29 is 9.47 Å². The summed E-state index contributed by atoms with van der Waals surface area (Å²) in [7, 11) is 3.33. The molecule has 0 saturated carbocycles. The van der Waals surface area contributed by atoms with Gasteiger partial charge in [-0.3, -0.25) is 4.68 Å². The van der Waals surface area contributed by atoms with Crippen molar-refractivity contribution in [1.82, 2.24) is 15.1 Å². The van der Waals surface area contributed by atoms with Crippen LogP contribution >= 0.6 is 0 Å². The average molecular weight is 329 g/mol. The molecule has 2 heterocycles. The first-order chi connectivity index (χ1) is 11.7. The van der Waals surface area contributed by atoms with Gasteiger partial charge in [-0.1, -0.05) is 6.07 Å². The lowest BCUT2D eigenvalue weighted by Gasteiger charge is -2.23. The van der Waals surface area contributed by atoms with Crippen LogP contribution in [-0.4, -0.2) is 37.1 Å². The summed E-state index contributed by atoms with van der Waals surface area (Å²) in [5.74, 6) is 2.15. The van der Waals surface area contributed by atoms with E-state index in [1.54, 1.807) is 14.2 Å². The molecule has 0 unspecified atom stereocenters. The Morgan fingerprint density at radius 3 is 2.54 bits per heavy atom. The molecule has 5 nitrogen and oxygen atoms in total. The van der Waals surface area contributed by atoms with Crippen LogP contribution in [0.3, 0.4) is 0 Å². The third-order valence-electron chi connectivity index (χ3n) is 4.75. The summed E-state index contributed by atoms with van der Waals surface area (Å²) in [6.07, 6.45) is 3.20. The standard InChI is InChI=1S/C19H27N3O2/c1-4-22-17(15-7-9-20-10-8-15)13-16(21-22)11-14-5-6-18(23-2)19(12-14)24-3/h5-6,12-13,15,20H,4,7-11H2,1-3H3. The summed E-state index contributed by atoms with van der Waals surface area (Å²) in [4.78, 5) is 0. The molecule has 0 amide bonds. The maximum absolute atomic E-state index is 5.40. The zero-order valence-corrected chi connectivity index (χ0v) is 14.8. The van der Waals surface area contributed by atoms with Crippen LogP contribution in [0, 0.1) is 0 Å². The van der Waals surface area contributed by atoms with Crippen LogP contribution in [0.1, 0.15) is 42.6 Å². The number of rotatable bonds is 6. The zero-order chi connectivity index (χ0) is 16.9. The van der Waals surface area contributed by atoms with Gasteiger partial charge < -0.3 is 14.8 Å². The number of piperidine rings is 1. The molecule has 1 aliphatic heterocycles. The number of hydrogen-bond donors (Lipinski definition) is 1. The molecule has 0 atom stereocenters. The van der Waals surface area contributed by atoms with E-state index in [0.717, 1.165) is 43.2 Å². The van der Waals surface area contributed by atoms with E-state index in [9.17, 15) is 0 Å². The van der Waals surface area contributed by atoms with Gasteiger partial charge in [0.05, 0.1) is 19.9 Å². The number of nitrogens with zero attached hydrogens (tertiary/aromatic N) is 2. The molecule has 0 aliphatic carbocycles. The second-order valence-electron chi connectivity index (χ2n) is 6.27. The van der Waals surface area contributed by atoms with E-state index >= 15 is 0 Å². The first-order valence-corrected chi connectivity index (χ1v) is 8.73. The predicted molar refractivity (Wildman–Crippen MR) is 95.1 cm³/mol. The molecular weight excluding hydrogens is 302 g/mol. The normalized spacial score (nSPS) is 15.5. The summed E-state index contributed by atoms with van der Waals surface area (Å²) in [6.45, 7) is 5.29. The molecule has 0 bridgehead atoms. The van der Waals surface area contributed by atoms with Crippen molar-refractivity contribution in [3.05, 3.63) is 41.2 Å². The van der Waals surface area contributed by atoms with Crippen LogP contribution in [0.15, 0.2) is 24.3 Å². The second-order valence-corrected chi connectivity index (χ2v) is 6.27. The van der Waals surface area contributed by atoms with Gasteiger partial charge in [-0.05, 0) is 56.6 Å². The molecule has 0 spiro atoms. The van der Waals surface area contributed by atoms with Crippen molar-refractivity contribution >= 4 is 0 Å². The van der Waals surface area contributed by atoms with Gasteiger partial charge in [-0.15, -0.1) is 0 Å². The molecule has 1 N–H and O–H groups in total. The molecule has 1 saturated heterocycles. The van der Waals surface area contributed by atoms with E-state index in [-0.39, 0.29) is 0 Å². The van der Waals surface area contributed by atoms with Gasteiger partial charge in [-0.2, -0.15) is 5.10 Å². The molecular formula is C19H27N3O2. The maximum atomic E-state index is 5.40. The lowest BCUT2D eigenvalue weighted by Crippen LogP contribution is -2.27. The Labute approximate surface area is 144 Å².